The van der Waals surface area contributed by atoms with Gasteiger partial charge < -0.3 is 5.11 Å². The Morgan fingerprint density at radius 2 is 1.85 bits per heavy atom. The zero-order chi connectivity index (χ0) is 14.6. The monoisotopic (exact) mass is 311 g/mol. The minimum Gasteiger partial charge on any atom is -0.391 e. The number of nitrogens with zero attached hydrogens (tertiary/aromatic N) is 1. The molecule has 4 nitrogen and oxygen atoms in total. The molecule has 2 aromatic rings. The summed E-state index contributed by atoms with van der Waals surface area (Å²) >= 11 is 1.11. The van der Waals surface area contributed by atoms with Gasteiger partial charge in [-0.3, -0.25) is 0 Å². The molecule has 0 amide bonds. The predicted molar refractivity (Wildman–Crippen MR) is 80.0 cm³/mol. The Morgan fingerprint density at radius 3 is 2.40 bits per heavy atom. The summed E-state index contributed by atoms with van der Waals surface area (Å²) in [5.41, 5.74) is 0.955. The Balaban J connectivity index is 2.25. The molecule has 0 aliphatic carbocycles. The topological polar surface area (TPSA) is 57.6 Å². The number of benzene rings is 1. The lowest BCUT2D eigenvalue weighted by Crippen LogP contribution is -2.29. The van der Waals surface area contributed by atoms with Crippen molar-refractivity contribution in [2.75, 3.05) is 6.54 Å². The zero-order valence-electron chi connectivity index (χ0n) is 11.2. The summed E-state index contributed by atoms with van der Waals surface area (Å²) in [7, 11) is -3.50. The van der Waals surface area contributed by atoms with Crippen LogP contribution in [0.15, 0.2) is 46.7 Å². The molecule has 1 aromatic heterocycles. The van der Waals surface area contributed by atoms with Gasteiger partial charge in [-0.15, -0.1) is 11.3 Å². The number of aliphatic hydroxyl groups is 1. The maximum absolute atomic E-state index is 12.6. The first-order chi connectivity index (χ1) is 9.57. The van der Waals surface area contributed by atoms with E-state index >= 15 is 0 Å². The van der Waals surface area contributed by atoms with Crippen LogP contribution in [-0.4, -0.2) is 24.4 Å². The van der Waals surface area contributed by atoms with Gasteiger partial charge in [0, 0.05) is 18.0 Å². The maximum Gasteiger partial charge on any atom is 0.252 e. The average molecular weight is 311 g/mol. The lowest BCUT2D eigenvalue weighted by molar-refractivity contribution is 0.285. The van der Waals surface area contributed by atoms with Gasteiger partial charge in [-0.05, 0) is 17.7 Å². The lowest BCUT2D eigenvalue weighted by Gasteiger charge is -2.19. The molecular weight excluding hydrogens is 294 g/mol. The highest BCUT2D eigenvalue weighted by atomic mass is 32.2. The van der Waals surface area contributed by atoms with Crippen LogP contribution >= 0.6 is 11.3 Å². The second-order valence-corrected chi connectivity index (χ2v) is 7.63. The molecule has 0 atom stereocenters. The number of aliphatic hydroxyl groups excluding tert-OH is 1. The Bertz CT molecular complexity index is 650. The minimum absolute atomic E-state index is 0.134. The maximum atomic E-state index is 12.6. The predicted octanol–water partition coefficient (Wildman–Crippen LogP) is 2.45. The smallest absolute Gasteiger partial charge is 0.252 e. The van der Waals surface area contributed by atoms with E-state index in [0.717, 1.165) is 16.9 Å². The van der Waals surface area contributed by atoms with Crippen molar-refractivity contribution in [1.29, 1.82) is 0 Å². The van der Waals surface area contributed by atoms with Crippen molar-refractivity contribution in [1.82, 2.24) is 4.31 Å². The molecule has 0 aliphatic heterocycles. The van der Waals surface area contributed by atoms with Crippen LogP contribution in [0.25, 0.3) is 0 Å². The standard InChI is InChI=1S/C14H17NO3S2/c1-2-15(10-12-6-4-3-5-7-12)20(17,18)14-9-8-13(11-16)19-14/h3-9,16H,2,10-11H2,1H3. The molecule has 0 spiro atoms. The van der Waals surface area contributed by atoms with Gasteiger partial charge in [-0.1, -0.05) is 37.3 Å². The van der Waals surface area contributed by atoms with E-state index in [4.69, 9.17) is 5.11 Å². The van der Waals surface area contributed by atoms with Gasteiger partial charge in [0.15, 0.2) is 0 Å². The molecule has 20 heavy (non-hydrogen) atoms. The van der Waals surface area contributed by atoms with Crippen molar-refractivity contribution < 1.29 is 13.5 Å². The molecular formula is C14H17NO3S2. The molecule has 0 saturated carbocycles. The summed E-state index contributed by atoms with van der Waals surface area (Å²) in [6.07, 6.45) is 0. The van der Waals surface area contributed by atoms with Crippen molar-refractivity contribution in [2.24, 2.45) is 0 Å². The molecule has 108 valence electrons. The number of sulfonamides is 1. The first-order valence-corrected chi connectivity index (χ1v) is 8.57. The van der Waals surface area contributed by atoms with Gasteiger partial charge in [-0.25, -0.2) is 8.42 Å². The highest BCUT2D eigenvalue weighted by Gasteiger charge is 2.24. The summed E-state index contributed by atoms with van der Waals surface area (Å²) in [5, 5.41) is 9.05. The van der Waals surface area contributed by atoms with Crippen LogP contribution in [-0.2, 0) is 23.2 Å². The van der Waals surface area contributed by atoms with Crippen LogP contribution in [0.5, 0.6) is 0 Å². The molecule has 0 fully saturated rings. The zero-order valence-corrected chi connectivity index (χ0v) is 12.8. The Hall–Kier alpha value is -1.21. The van der Waals surface area contributed by atoms with Crippen LogP contribution in [0.2, 0.25) is 0 Å². The van der Waals surface area contributed by atoms with Crippen molar-refractivity contribution in [3.63, 3.8) is 0 Å². The molecule has 6 heteroatoms. The van der Waals surface area contributed by atoms with Gasteiger partial charge in [-0.2, -0.15) is 4.31 Å². The van der Waals surface area contributed by atoms with Gasteiger partial charge in [0.05, 0.1) is 6.61 Å². The minimum atomic E-state index is -3.50. The first-order valence-electron chi connectivity index (χ1n) is 6.31. The van der Waals surface area contributed by atoms with Gasteiger partial charge >= 0.3 is 0 Å². The molecule has 0 unspecified atom stereocenters. The van der Waals surface area contributed by atoms with E-state index in [1.165, 1.54) is 4.31 Å². The van der Waals surface area contributed by atoms with Crippen LogP contribution < -0.4 is 0 Å². The van der Waals surface area contributed by atoms with Crippen LogP contribution in [0.1, 0.15) is 17.4 Å². The fourth-order valence-electron chi connectivity index (χ4n) is 1.86. The quantitative estimate of drug-likeness (QED) is 0.891. The largest absolute Gasteiger partial charge is 0.391 e. The normalized spacial score (nSPS) is 11.9. The first kappa shape index (κ1) is 15.2. The summed E-state index contributed by atoms with van der Waals surface area (Å²) in [6, 6.07) is 12.7. The number of thiophene rings is 1. The third-order valence-corrected chi connectivity index (χ3v) is 6.40. The Kier molecular flexibility index (Phi) is 4.93. The lowest BCUT2D eigenvalue weighted by atomic mass is 10.2. The van der Waals surface area contributed by atoms with Crippen molar-refractivity contribution >= 4 is 21.4 Å². The molecule has 1 heterocycles. The van der Waals surface area contributed by atoms with Crippen molar-refractivity contribution in [3.8, 4) is 0 Å². The molecule has 0 radical (unpaired) electrons. The molecule has 0 aliphatic rings. The molecule has 0 saturated heterocycles. The van der Waals surface area contributed by atoms with Crippen LogP contribution in [0.3, 0.4) is 0 Å². The third-order valence-electron chi connectivity index (χ3n) is 2.94. The van der Waals surface area contributed by atoms with E-state index in [2.05, 4.69) is 0 Å². The number of hydrogen-bond acceptors (Lipinski definition) is 4. The fourth-order valence-corrected chi connectivity index (χ4v) is 4.67. The summed E-state index contributed by atoms with van der Waals surface area (Å²) < 4.78 is 26.8. The van der Waals surface area contributed by atoms with E-state index in [9.17, 15) is 8.42 Å². The molecule has 0 bridgehead atoms. The number of rotatable bonds is 6. The van der Waals surface area contributed by atoms with Crippen molar-refractivity contribution in [2.45, 2.75) is 24.3 Å². The molecule has 1 N–H and O–H groups in total. The van der Waals surface area contributed by atoms with E-state index in [1.807, 2.05) is 37.3 Å². The SMILES string of the molecule is CCN(Cc1ccccc1)S(=O)(=O)c1ccc(CO)s1. The second-order valence-electron chi connectivity index (χ2n) is 4.30. The fraction of sp³-hybridized carbons (Fsp3) is 0.286. The van der Waals surface area contributed by atoms with Gasteiger partial charge in [0.25, 0.3) is 10.0 Å². The van der Waals surface area contributed by atoms with Gasteiger partial charge in [0.1, 0.15) is 4.21 Å². The van der Waals surface area contributed by atoms with E-state index < -0.39 is 10.0 Å². The number of hydrogen-bond donors (Lipinski definition) is 1. The van der Waals surface area contributed by atoms with Gasteiger partial charge in [0.2, 0.25) is 0 Å². The highest BCUT2D eigenvalue weighted by molar-refractivity contribution is 7.91. The third kappa shape index (κ3) is 3.27. The van der Waals surface area contributed by atoms with E-state index in [1.54, 1.807) is 12.1 Å². The Labute approximate surface area is 123 Å². The summed E-state index contributed by atoms with van der Waals surface area (Å²) in [4.78, 5) is 0.652. The highest BCUT2D eigenvalue weighted by Crippen LogP contribution is 2.25. The average Bonchev–Trinajstić information content (AvgIpc) is 2.95. The van der Waals surface area contributed by atoms with Crippen LogP contribution in [0, 0.1) is 0 Å². The van der Waals surface area contributed by atoms with Crippen LogP contribution in [0.4, 0.5) is 0 Å². The van der Waals surface area contributed by atoms with E-state index in [0.29, 0.717) is 18.0 Å². The van der Waals surface area contributed by atoms with E-state index in [-0.39, 0.29) is 10.8 Å². The molecule has 1 aromatic carbocycles. The summed E-state index contributed by atoms with van der Waals surface area (Å²) in [5.74, 6) is 0. The van der Waals surface area contributed by atoms with Crippen molar-refractivity contribution in [3.05, 3.63) is 52.9 Å². The molecule has 2 rings (SSSR count). The second kappa shape index (κ2) is 6.49. The summed E-state index contributed by atoms with van der Waals surface area (Å²) in [6.45, 7) is 2.45. The Morgan fingerprint density at radius 1 is 1.15 bits per heavy atom.